The Hall–Kier alpha value is -2.16. The third-order valence-electron chi connectivity index (χ3n) is 3.78. The molecule has 0 aromatic carbocycles. The number of aliphatic hydroxyl groups is 3. The molecule has 1 fully saturated rings. The lowest BCUT2D eigenvalue weighted by Gasteiger charge is -2.17. The molecule has 0 bridgehead atoms. The Bertz CT molecular complexity index is 917. The standard InChI is InChI=1S/C12H16N5O9P/c13-7(21)3-1-17(8-4(3)9(22)16-12(14)15-8)10-5(19)6(20)11(24-10)25-26-27(23)2-18/h1,5-6,10-11,18-20,23H,2H2,(H2,13,21)(H3,14,15,16,22)/t5-,6?,10+,11+,27?/m0/s1. The van der Waals surface area contributed by atoms with Crippen molar-refractivity contribution in [2.75, 3.05) is 12.1 Å². The van der Waals surface area contributed by atoms with Gasteiger partial charge in [-0.2, -0.15) is 14.5 Å². The quantitative estimate of drug-likeness (QED) is 0.147. The third kappa shape index (κ3) is 3.52. The van der Waals surface area contributed by atoms with Crippen LogP contribution in [0.5, 0.6) is 0 Å². The molecule has 148 valence electrons. The summed E-state index contributed by atoms with van der Waals surface area (Å²) in [5, 5.41) is 28.8. The van der Waals surface area contributed by atoms with E-state index in [9.17, 15) is 19.8 Å². The fourth-order valence-corrected chi connectivity index (χ4v) is 2.84. The molecule has 1 saturated heterocycles. The van der Waals surface area contributed by atoms with Gasteiger partial charge in [0.1, 0.15) is 18.6 Å². The van der Waals surface area contributed by atoms with Crippen LogP contribution in [0.4, 0.5) is 5.95 Å². The van der Waals surface area contributed by atoms with Crippen LogP contribution < -0.4 is 17.0 Å². The number of carbonyl (C=O) groups excluding carboxylic acids is 1. The number of carbonyl (C=O) groups is 1. The second-order valence-electron chi connectivity index (χ2n) is 5.50. The van der Waals surface area contributed by atoms with Crippen molar-refractivity contribution in [2.24, 2.45) is 5.73 Å². The molecule has 0 saturated carbocycles. The number of aliphatic hydroxyl groups excluding tert-OH is 3. The van der Waals surface area contributed by atoms with E-state index < -0.39 is 50.9 Å². The van der Waals surface area contributed by atoms with E-state index in [1.54, 1.807) is 0 Å². The third-order valence-corrected chi connectivity index (χ3v) is 4.28. The Balaban J connectivity index is 2.00. The normalized spacial score (nSPS) is 26.5. The number of H-pyrrole nitrogens is 1. The van der Waals surface area contributed by atoms with Crippen molar-refractivity contribution in [1.82, 2.24) is 14.5 Å². The van der Waals surface area contributed by atoms with Gasteiger partial charge in [0.2, 0.25) is 20.6 Å². The van der Waals surface area contributed by atoms with Crippen LogP contribution in [0.2, 0.25) is 0 Å². The molecule has 0 spiro atoms. The summed E-state index contributed by atoms with van der Waals surface area (Å²) in [5.41, 5.74) is 9.73. The largest absolute Gasteiger partial charge is 0.387 e. The SMILES string of the molecule is NC(=O)c1cn([C@@H]2O[C@H](OOP(O)CO)C(O)[C@@H]2O)c2nc(N)[nH]c(=O)c12. The van der Waals surface area contributed by atoms with Gasteiger partial charge in [-0.15, -0.1) is 0 Å². The highest BCUT2D eigenvalue weighted by atomic mass is 31.2. The highest BCUT2D eigenvalue weighted by Crippen LogP contribution is 2.36. The predicted octanol–water partition coefficient (Wildman–Crippen LogP) is -2.82. The van der Waals surface area contributed by atoms with E-state index >= 15 is 0 Å². The topological polar surface area (TPSA) is 228 Å². The Kier molecular flexibility index (Phi) is 5.41. The smallest absolute Gasteiger partial charge is 0.262 e. The number of nitrogens with two attached hydrogens (primary N) is 2. The molecule has 1 aliphatic heterocycles. The number of aromatic amines is 1. The van der Waals surface area contributed by atoms with Crippen LogP contribution in [0, 0.1) is 0 Å². The van der Waals surface area contributed by atoms with Gasteiger partial charge in [-0.05, 0) is 0 Å². The average molecular weight is 405 g/mol. The predicted molar refractivity (Wildman–Crippen MR) is 87.6 cm³/mol. The summed E-state index contributed by atoms with van der Waals surface area (Å²) in [7, 11) is -2.32. The molecule has 2 aromatic rings. The molecule has 1 aliphatic rings. The lowest BCUT2D eigenvalue weighted by molar-refractivity contribution is -0.332. The first kappa shape index (κ1) is 19.6. The first-order valence-electron chi connectivity index (χ1n) is 7.37. The zero-order chi connectivity index (χ0) is 19.9. The van der Waals surface area contributed by atoms with Gasteiger partial charge in [0, 0.05) is 6.20 Å². The summed E-state index contributed by atoms with van der Waals surface area (Å²) in [6.45, 7) is 0. The highest BCUT2D eigenvalue weighted by Gasteiger charge is 2.46. The Morgan fingerprint density at radius 1 is 1.44 bits per heavy atom. The van der Waals surface area contributed by atoms with Gasteiger partial charge in [-0.25, -0.2) is 0 Å². The van der Waals surface area contributed by atoms with Gasteiger partial charge in [-0.3, -0.25) is 14.6 Å². The highest BCUT2D eigenvalue weighted by molar-refractivity contribution is 7.45. The minimum Gasteiger partial charge on any atom is -0.387 e. The van der Waals surface area contributed by atoms with Gasteiger partial charge in [-0.1, -0.05) is 0 Å². The van der Waals surface area contributed by atoms with E-state index in [0.29, 0.717) is 0 Å². The van der Waals surface area contributed by atoms with Crippen LogP contribution in [0.15, 0.2) is 11.0 Å². The zero-order valence-corrected chi connectivity index (χ0v) is 14.3. The number of aromatic nitrogens is 3. The number of nitrogen functional groups attached to an aromatic ring is 1. The minimum absolute atomic E-state index is 0.123. The Morgan fingerprint density at radius 2 is 2.15 bits per heavy atom. The van der Waals surface area contributed by atoms with Gasteiger partial charge in [0.15, 0.2) is 11.9 Å². The summed E-state index contributed by atoms with van der Waals surface area (Å²) >= 11 is 0. The summed E-state index contributed by atoms with van der Waals surface area (Å²) < 4.78 is 10.9. The van der Waals surface area contributed by atoms with Crippen LogP contribution in [-0.2, 0) is 14.3 Å². The molecule has 3 rings (SSSR count). The van der Waals surface area contributed by atoms with Crippen LogP contribution in [0.25, 0.3) is 11.0 Å². The Labute approximate surface area is 150 Å². The van der Waals surface area contributed by atoms with E-state index in [1.807, 2.05) is 0 Å². The lowest BCUT2D eigenvalue weighted by Crippen LogP contribution is -2.32. The second kappa shape index (κ2) is 7.46. The number of hydrogen-bond donors (Lipinski definition) is 7. The average Bonchev–Trinajstić information content (AvgIpc) is 3.12. The van der Waals surface area contributed by atoms with Gasteiger partial charge >= 0.3 is 0 Å². The van der Waals surface area contributed by atoms with Crippen molar-refractivity contribution in [1.29, 1.82) is 0 Å². The molecule has 3 heterocycles. The minimum atomic E-state index is -2.32. The molecule has 2 unspecified atom stereocenters. The van der Waals surface area contributed by atoms with Gasteiger partial charge in [0.25, 0.3) is 11.5 Å². The van der Waals surface area contributed by atoms with Crippen molar-refractivity contribution >= 4 is 31.3 Å². The Morgan fingerprint density at radius 3 is 2.78 bits per heavy atom. The number of hydrogen-bond acceptors (Lipinski definition) is 11. The van der Waals surface area contributed by atoms with E-state index in [4.69, 9.17) is 26.2 Å². The molecule has 2 aromatic heterocycles. The van der Waals surface area contributed by atoms with Gasteiger partial charge in [0.05, 0.1) is 10.9 Å². The molecule has 1 amide bonds. The fourth-order valence-electron chi connectivity index (χ4n) is 2.61. The molecular weight excluding hydrogens is 389 g/mol. The maximum Gasteiger partial charge on any atom is 0.262 e. The summed E-state index contributed by atoms with van der Waals surface area (Å²) in [6.07, 6.45) is -5.76. The second-order valence-corrected chi connectivity index (χ2v) is 6.64. The number of fused-ring (bicyclic) bond motifs is 1. The van der Waals surface area contributed by atoms with Crippen LogP contribution >= 0.6 is 8.38 Å². The molecule has 0 radical (unpaired) electrons. The molecule has 27 heavy (non-hydrogen) atoms. The molecule has 9 N–H and O–H groups in total. The van der Waals surface area contributed by atoms with Crippen molar-refractivity contribution < 1.29 is 39.3 Å². The molecule has 15 heteroatoms. The summed E-state index contributed by atoms with van der Waals surface area (Å²) in [5.74, 6) is -1.20. The van der Waals surface area contributed by atoms with E-state index in [2.05, 4.69) is 19.5 Å². The van der Waals surface area contributed by atoms with Gasteiger partial charge < -0.3 is 41.0 Å². The zero-order valence-electron chi connectivity index (χ0n) is 13.4. The van der Waals surface area contributed by atoms with Crippen molar-refractivity contribution in [2.45, 2.75) is 24.7 Å². The first-order chi connectivity index (χ1) is 12.7. The number of nitrogens with one attached hydrogen (secondary N) is 1. The number of rotatable bonds is 6. The van der Waals surface area contributed by atoms with E-state index in [1.165, 1.54) is 0 Å². The molecule has 0 aliphatic carbocycles. The monoisotopic (exact) mass is 405 g/mol. The van der Waals surface area contributed by atoms with Crippen molar-refractivity contribution in [3.63, 3.8) is 0 Å². The fraction of sp³-hybridized carbons (Fsp3) is 0.417. The summed E-state index contributed by atoms with van der Waals surface area (Å²) in [6, 6.07) is 0. The van der Waals surface area contributed by atoms with E-state index in [-0.39, 0.29) is 22.5 Å². The number of primary amides is 1. The molecular formula is C12H16N5O9P. The number of amides is 1. The van der Waals surface area contributed by atoms with Crippen molar-refractivity contribution in [3.05, 3.63) is 22.1 Å². The van der Waals surface area contributed by atoms with Crippen LogP contribution in [-0.4, -0.2) is 65.5 Å². The van der Waals surface area contributed by atoms with Crippen LogP contribution in [0.3, 0.4) is 0 Å². The number of anilines is 1. The first-order valence-corrected chi connectivity index (χ1v) is 8.76. The van der Waals surface area contributed by atoms with Crippen molar-refractivity contribution in [3.8, 4) is 0 Å². The lowest BCUT2D eigenvalue weighted by atomic mass is 10.2. The maximum absolute atomic E-state index is 12.1. The maximum atomic E-state index is 12.1. The summed E-state index contributed by atoms with van der Waals surface area (Å²) in [4.78, 5) is 43.8. The van der Waals surface area contributed by atoms with E-state index in [0.717, 1.165) is 10.8 Å². The molecule has 14 nitrogen and oxygen atoms in total. The number of nitrogens with zero attached hydrogens (tertiary/aromatic N) is 2. The number of ether oxygens (including phenoxy) is 1. The van der Waals surface area contributed by atoms with Crippen LogP contribution in [0.1, 0.15) is 16.6 Å². The molecule has 5 atom stereocenters.